The number of nitrogens with zero attached hydrogens (tertiary/aromatic N) is 4. The van der Waals surface area contributed by atoms with Crippen molar-refractivity contribution in [1.82, 2.24) is 29.5 Å². The van der Waals surface area contributed by atoms with Crippen LogP contribution in [0.1, 0.15) is 38.3 Å². The number of aromatic amines is 1. The van der Waals surface area contributed by atoms with Crippen molar-refractivity contribution in [3.8, 4) is 11.5 Å². The molecule has 2 aliphatic heterocycles. The molecule has 2 atom stereocenters. The van der Waals surface area contributed by atoms with Crippen LogP contribution in [0.25, 0.3) is 11.5 Å². The summed E-state index contributed by atoms with van der Waals surface area (Å²) in [6.45, 7) is 4.92. The minimum absolute atomic E-state index is 0.0400. The van der Waals surface area contributed by atoms with Crippen LogP contribution >= 0.6 is 11.6 Å². The molecule has 0 aromatic carbocycles. The van der Waals surface area contributed by atoms with Crippen molar-refractivity contribution in [2.45, 2.75) is 38.6 Å². The molecule has 2 amide bonds. The molecule has 13 heteroatoms. The van der Waals surface area contributed by atoms with Gasteiger partial charge in [-0.05, 0) is 24.5 Å². The first-order valence-electron chi connectivity index (χ1n) is 11.4. The van der Waals surface area contributed by atoms with Gasteiger partial charge in [0.05, 0.1) is 23.7 Å². The van der Waals surface area contributed by atoms with Crippen molar-refractivity contribution in [1.29, 1.82) is 0 Å². The fourth-order valence-electron chi connectivity index (χ4n) is 4.51. The number of aromatic nitrogens is 3. The Hall–Kier alpha value is -2.57. The Kier molecular flexibility index (Phi) is 7.43. The van der Waals surface area contributed by atoms with Crippen LogP contribution < -0.4 is 5.32 Å². The molecule has 0 aliphatic carbocycles. The molecule has 0 bridgehead atoms. The first-order valence-corrected chi connectivity index (χ1v) is 13.4. The van der Waals surface area contributed by atoms with Crippen LogP contribution in [0.15, 0.2) is 18.3 Å². The van der Waals surface area contributed by atoms with Crippen molar-refractivity contribution in [2.24, 2.45) is 5.92 Å². The maximum Gasteiger partial charge on any atom is 0.221 e. The Morgan fingerprint density at radius 2 is 2.03 bits per heavy atom. The number of sulfonamides is 1. The lowest BCUT2D eigenvalue weighted by Crippen LogP contribution is -2.60. The molecule has 0 spiro atoms. The lowest BCUT2D eigenvalue weighted by atomic mass is 9.86. The highest BCUT2D eigenvalue weighted by molar-refractivity contribution is 7.89. The summed E-state index contributed by atoms with van der Waals surface area (Å²) >= 11 is 6.38. The molecule has 2 saturated heterocycles. The molecule has 2 fully saturated rings. The van der Waals surface area contributed by atoms with Gasteiger partial charge in [-0.2, -0.15) is 0 Å². The average molecular weight is 527 g/mol. The van der Waals surface area contributed by atoms with E-state index in [1.165, 1.54) is 23.4 Å². The molecule has 0 saturated carbocycles. The summed E-state index contributed by atoms with van der Waals surface area (Å²) in [6.07, 6.45) is 1.51. The number of nitrogens with one attached hydrogen (secondary N) is 2. The standard InChI is InChI=1S/C22H28ClFN6O4S/c1-13-10-30(35(33,34)8-6-19(32)26-16-11-29(12-16)14(2)31)7-5-17(13)20-21(23)28-22(27-20)18-4-3-15(24)9-25-18/h3-4,9,13,16-17H,5-8,10-12H2,1-2H3,(H,26,32)(H,27,28)/t13-,17+/m0/s1. The van der Waals surface area contributed by atoms with Crippen LogP contribution in [0.4, 0.5) is 4.39 Å². The summed E-state index contributed by atoms with van der Waals surface area (Å²) in [4.78, 5) is 36.5. The third kappa shape index (κ3) is 5.81. The van der Waals surface area contributed by atoms with Gasteiger partial charge in [-0.3, -0.25) is 9.59 Å². The van der Waals surface area contributed by atoms with E-state index in [2.05, 4.69) is 20.3 Å². The summed E-state index contributed by atoms with van der Waals surface area (Å²) in [6, 6.07) is 2.67. The van der Waals surface area contributed by atoms with Gasteiger partial charge in [0.25, 0.3) is 0 Å². The van der Waals surface area contributed by atoms with Gasteiger partial charge in [0.1, 0.15) is 11.5 Å². The second kappa shape index (κ2) is 10.2. The van der Waals surface area contributed by atoms with Gasteiger partial charge in [-0.25, -0.2) is 27.1 Å². The molecular formula is C22H28ClFN6O4S. The number of piperidine rings is 1. The fourth-order valence-corrected chi connectivity index (χ4v) is 6.33. The number of halogens is 2. The normalized spacial score (nSPS) is 21.5. The molecule has 0 unspecified atom stereocenters. The molecule has 2 aliphatic rings. The zero-order valence-electron chi connectivity index (χ0n) is 19.5. The van der Waals surface area contributed by atoms with Gasteiger partial charge in [0.2, 0.25) is 21.8 Å². The van der Waals surface area contributed by atoms with Crippen molar-refractivity contribution in [2.75, 3.05) is 31.9 Å². The second-order valence-corrected chi connectivity index (χ2v) is 11.6. The maximum atomic E-state index is 13.2. The molecular weight excluding hydrogens is 499 g/mol. The van der Waals surface area contributed by atoms with E-state index in [0.717, 1.165) is 6.20 Å². The van der Waals surface area contributed by atoms with E-state index >= 15 is 0 Å². The van der Waals surface area contributed by atoms with Crippen LogP contribution in [-0.2, 0) is 19.6 Å². The number of imidazole rings is 1. The number of carbonyl (C=O) groups excluding carboxylic acids is 2. The van der Waals surface area contributed by atoms with E-state index in [9.17, 15) is 22.4 Å². The summed E-state index contributed by atoms with van der Waals surface area (Å²) in [5, 5.41) is 3.06. The molecule has 2 N–H and O–H groups in total. The van der Waals surface area contributed by atoms with Crippen LogP contribution in [0.3, 0.4) is 0 Å². The lowest BCUT2D eigenvalue weighted by molar-refractivity contribution is -0.135. The molecule has 0 radical (unpaired) electrons. The number of carbonyl (C=O) groups is 2. The van der Waals surface area contributed by atoms with E-state index in [1.54, 1.807) is 4.90 Å². The smallest absolute Gasteiger partial charge is 0.221 e. The monoisotopic (exact) mass is 526 g/mol. The first kappa shape index (κ1) is 25.5. The highest BCUT2D eigenvalue weighted by atomic mass is 35.5. The van der Waals surface area contributed by atoms with Crippen LogP contribution in [-0.4, -0.2) is 82.4 Å². The fraction of sp³-hybridized carbons (Fsp3) is 0.545. The van der Waals surface area contributed by atoms with E-state index in [0.29, 0.717) is 49.8 Å². The molecule has 10 nitrogen and oxygen atoms in total. The minimum Gasteiger partial charge on any atom is -0.350 e. The second-order valence-electron chi connectivity index (χ2n) is 9.14. The Labute approximate surface area is 208 Å². The van der Waals surface area contributed by atoms with Gasteiger partial charge >= 0.3 is 0 Å². The molecule has 2 aromatic rings. The largest absolute Gasteiger partial charge is 0.350 e. The van der Waals surface area contributed by atoms with Gasteiger partial charge in [-0.1, -0.05) is 18.5 Å². The summed E-state index contributed by atoms with van der Waals surface area (Å²) in [7, 11) is -3.61. The highest BCUT2D eigenvalue weighted by Gasteiger charge is 2.36. The molecule has 2 aromatic heterocycles. The number of likely N-dealkylation sites (tertiary alicyclic amines) is 1. The number of amides is 2. The summed E-state index contributed by atoms with van der Waals surface area (Å²) < 4.78 is 40.4. The highest BCUT2D eigenvalue weighted by Crippen LogP contribution is 2.37. The number of hydrogen-bond donors (Lipinski definition) is 2. The number of H-pyrrole nitrogens is 1. The van der Waals surface area contributed by atoms with Crippen LogP contribution in [0, 0.1) is 11.7 Å². The zero-order valence-corrected chi connectivity index (χ0v) is 21.1. The average Bonchev–Trinajstić information content (AvgIpc) is 3.16. The Morgan fingerprint density at radius 3 is 2.66 bits per heavy atom. The van der Waals surface area contributed by atoms with Crippen LogP contribution in [0.5, 0.6) is 0 Å². The minimum atomic E-state index is -3.61. The zero-order chi connectivity index (χ0) is 25.3. The van der Waals surface area contributed by atoms with Crippen molar-refractivity contribution < 1.29 is 22.4 Å². The number of hydrogen-bond acceptors (Lipinski definition) is 6. The first-order chi connectivity index (χ1) is 16.5. The van der Waals surface area contributed by atoms with E-state index in [-0.39, 0.29) is 47.0 Å². The third-order valence-electron chi connectivity index (χ3n) is 6.57. The Morgan fingerprint density at radius 1 is 1.29 bits per heavy atom. The van der Waals surface area contributed by atoms with Crippen molar-refractivity contribution in [3.63, 3.8) is 0 Å². The quantitative estimate of drug-likeness (QED) is 0.565. The predicted molar refractivity (Wildman–Crippen MR) is 127 cm³/mol. The van der Waals surface area contributed by atoms with Gasteiger partial charge in [0.15, 0.2) is 11.0 Å². The lowest BCUT2D eigenvalue weighted by Gasteiger charge is -2.39. The Balaban J connectivity index is 1.31. The SMILES string of the molecule is CC(=O)N1CC(NC(=O)CCS(=O)(=O)N2CC[C@@H](c3[nH]c(-c4ccc(F)cn4)nc3Cl)[C@@H](C)C2)C1. The van der Waals surface area contributed by atoms with Crippen molar-refractivity contribution >= 4 is 33.4 Å². The van der Waals surface area contributed by atoms with Gasteiger partial charge in [0, 0.05) is 45.4 Å². The maximum absolute atomic E-state index is 13.2. The van der Waals surface area contributed by atoms with Gasteiger partial charge < -0.3 is 15.2 Å². The number of pyridine rings is 1. The molecule has 4 heterocycles. The van der Waals surface area contributed by atoms with Crippen LogP contribution in [0.2, 0.25) is 5.15 Å². The topological polar surface area (TPSA) is 128 Å². The van der Waals surface area contributed by atoms with E-state index < -0.39 is 15.8 Å². The summed E-state index contributed by atoms with van der Waals surface area (Å²) in [5.74, 6) is -0.769. The Bertz CT molecular complexity index is 1200. The van der Waals surface area contributed by atoms with Crippen molar-refractivity contribution in [3.05, 3.63) is 35.0 Å². The van der Waals surface area contributed by atoms with Gasteiger partial charge in [-0.15, -0.1) is 0 Å². The van der Waals surface area contributed by atoms with E-state index in [4.69, 9.17) is 11.6 Å². The van der Waals surface area contributed by atoms with E-state index in [1.807, 2.05) is 6.92 Å². The summed E-state index contributed by atoms with van der Waals surface area (Å²) in [5.41, 5.74) is 1.17. The predicted octanol–water partition coefficient (Wildman–Crippen LogP) is 1.76. The molecule has 190 valence electrons. The number of rotatable bonds is 7. The third-order valence-corrected chi connectivity index (χ3v) is 8.69. The molecule has 35 heavy (non-hydrogen) atoms. The molecule has 4 rings (SSSR count).